The van der Waals surface area contributed by atoms with E-state index in [2.05, 4.69) is 10.4 Å². The fourth-order valence-corrected chi connectivity index (χ4v) is 3.16. The summed E-state index contributed by atoms with van der Waals surface area (Å²) in [5, 5.41) is 7.52. The molecule has 1 amide bonds. The van der Waals surface area contributed by atoms with Crippen LogP contribution in [0.2, 0.25) is 0 Å². The molecule has 0 fully saturated rings. The normalized spacial score (nSPS) is 12.0. The fourth-order valence-electron chi connectivity index (χ4n) is 3.16. The van der Waals surface area contributed by atoms with Crippen molar-refractivity contribution in [1.29, 1.82) is 0 Å². The van der Waals surface area contributed by atoms with Crippen molar-refractivity contribution in [2.24, 2.45) is 0 Å². The van der Waals surface area contributed by atoms with Crippen molar-refractivity contribution >= 4 is 11.6 Å². The van der Waals surface area contributed by atoms with Crippen LogP contribution in [0.5, 0.6) is 0 Å². The molecule has 0 radical (unpaired) electrons. The Labute approximate surface area is 158 Å². The Hall–Kier alpha value is -2.99. The molecule has 1 atom stereocenters. The Morgan fingerprint density at radius 2 is 1.89 bits per heavy atom. The molecule has 140 valence electrons. The number of hydrogen-bond acceptors (Lipinski definition) is 2. The highest BCUT2D eigenvalue weighted by atomic mass is 19.1. The number of halogens is 1. The van der Waals surface area contributed by atoms with E-state index in [1.54, 1.807) is 6.07 Å². The molecule has 1 heterocycles. The molecule has 0 aliphatic carbocycles. The lowest BCUT2D eigenvalue weighted by atomic mass is 10.2. The first-order chi connectivity index (χ1) is 12.9. The van der Waals surface area contributed by atoms with Gasteiger partial charge in [0.15, 0.2) is 6.54 Å². The van der Waals surface area contributed by atoms with Crippen molar-refractivity contribution in [3.05, 3.63) is 77.4 Å². The minimum atomic E-state index is -0.260. The van der Waals surface area contributed by atoms with E-state index in [1.807, 2.05) is 62.0 Å². The standard InChI is InChI=1S/C21H23FN4O/c1-15-21(16(2)26(24-15)19-10-5-4-6-11-19)23-20(27)14-25(3)13-17-8-7-9-18(22)12-17/h4-12H,13-14H2,1-3H3,(H,23,27)/p+1. The second-order valence-electron chi connectivity index (χ2n) is 6.78. The average Bonchev–Trinajstić information content (AvgIpc) is 2.90. The van der Waals surface area contributed by atoms with E-state index in [-0.39, 0.29) is 18.3 Å². The number of carbonyl (C=O) groups is 1. The van der Waals surface area contributed by atoms with E-state index < -0.39 is 0 Å². The van der Waals surface area contributed by atoms with Gasteiger partial charge in [0.2, 0.25) is 0 Å². The van der Waals surface area contributed by atoms with Crippen LogP contribution in [0, 0.1) is 19.7 Å². The molecule has 3 aromatic rings. The van der Waals surface area contributed by atoms with Gasteiger partial charge < -0.3 is 10.2 Å². The van der Waals surface area contributed by atoms with E-state index in [0.717, 1.165) is 33.2 Å². The van der Waals surface area contributed by atoms with Gasteiger partial charge in [-0.1, -0.05) is 30.3 Å². The molecule has 5 nitrogen and oxygen atoms in total. The van der Waals surface area contributed by atoms with Gasteiger partial charge in [-0.3, -0.25) is 4.79 Å². The minimum absolute atomic E-state index is 0.0947. The van der Waals surface area contributed by atoms with Crippen LogP contribution in [0.4, 0.5) is 10.1 Å². The lowest BCUT2D eigenvalue weighted by Crippen LogP contribution is -3.08. The largest absolute Gasteiger partial charge is 0.326 e. The number of likely N-dealkylation sites (N-methyl/N-ethyl adjacent to an activating group) is 1. The molecule has 0 saturated carbocycles. The molecule has 0 aliphatic rings. The molecule has 2 N–H and O–H groups in total. The van der Waals surface area contributed by atoms with Crippen LogP contribution >= 0.6 is 0 Å². The molecule has 27 heavy (non-hydrogen) atoms. The number of nitrogens with one attached hydrogen (secondary N) is 2. The van der Waals surface area contributed by atoms with E-state index in [9.17, 15) is 9.18 Å². The Balaban J connectivity index is 1.66. The maximum atomic E-state index is 13.3. The van der Waals surface area contributed by atoms with Crippen molar-refractivity contribution in [3.63, 3.8) is 0 Å². The van der Waals surface area contributed by atoms with Crippen LogP contribution < -0.4 is 10.2 Å². The Morgan fingerprint density at radius 1 is 1.15 bits per heavy atom. The average molecular weight is 367 g/mol. The zero-order chi connectivity index (χ0) is 19.4. The lowest BCUT2D eigenvalue weighted by Gasteiger charge is -2.14. The highest BCUT2D eigenvalue weighted by molar-refractivity contribution is 5.92. The summed E-state index contributed by atoms with van der Waals surface area (Å²) in [7, 11) is 1.91. The van der Waals surface area contributed by atoms with Gasteiger partial charge in [-0.25, -0.2) is 9.07 Å². The van der Waals surface area contributed by atoms with Crippen LogP contribution in [-0.2, 0) is 11.3 Å². The van der Waals surface area contributed by atoms with E-state index in [1.165, 1.54) is 12.1 Å². The first kappa shape index (κ1) is 18.8. The van der Waals surface area contributed by atoms with Crippen molar-refractivity contribution in [2.45, 2.75) is 20.4 Å². The fraction of sp³-hybridized carbons (Fsp3) is 0.238. The molecular weight excluding hydrogens is 343 g/mol. The summed E-state index contributed by atoms with van der Waals surface area (Å²) in [6, 6.07) is 16.3. The van der Waals surface area contributed by atoms with Gasteiger partial charge in [-0.05, 0) is 38.1 Å². The van der Waals surface area contributed by atoms with Gasteiger partial charge in [0, 0.05) is 5.56 Å². The number of aryl methyl sites for hydroxylation is 1. The third-order valence-electron chi connectivity index (χ3n) is 4.41. The molecule has 0 saturated heterocycles. The van der Waals surface area contributed by atoms with Crippen molar-refractivity contribution in [1.82, 2.24) is 9.78 Å². The third-order valence-corrected chi connectivity index (χ3v) is 4.41. The van der Waals surface area contributed by atoms with E-state index >= 15 is 0 Å². The first-order valence-corrected chi connectivity index (χ1v) is 8.91. The summed E-state index contributed by atoms with van der Waals surface area (Å²) in [5.74, 6) is -0.355. The first-order valence-electron chi connectivity index (χ1n) is 8.91. The molecule has 3 rings (SSSR count). The van der Waals surface area contributed by atoms with Crippen LogP contribution in [-0.4, -0.2) is 29.3 Å². The van der Waals surface area contributed by atoms with Crippen molar-refractivity contribution < 1.29 is 14.1 Å². The maximum Gasteiger partial charge on any atom is 0.279 e. The lowest BCUT2D eigenvalue weighted by molar-refractivity contribution is -0.885. The van der Waals surface area contributed by atoms with Crippen LogP contribution in [0.3, 0.4) is 0 Å². The molecule has 2 aromatic carbocycles. The van der Waals surface area contributed by atoms with Gasteiger partial charge in [0.25, 0.3) is 5.91 Å². The van der Waals surface area contributed by atoms with E-state index in [4.69, 9.17) is 0 Å². The van der Waals surface area contributed by atoms with Crippen molar-refractivity contribution in [2.75, 3.05) is 18.9 Å². The SMILES string of the molecule is Cc1nn(-c2ccccc2)c(C)c1NC(=O)C[NH+](C)Cc1cccc(F)c1. The monoisotopic (exact) mass is 367 g/mol. The highest BCUT2D eigenvalue weighted by Crippen LogP contribution is 2.22. The van der Waals surface area contributed by atoms with Crippen LogP contribution in [0.25, 0.3) is 5.69 Å². The predicted molar refractivity (Wildman–Crippen MR) is 104 cm³/mol. The third kappa shape index (κ3) is 4.60. The quantitative estimate of drug-likeness (QED) is 0.702. The number of quaternary nitrogens is 1. The topological polar surface area (TPSA) is 51.4 Å². The summed E-state index contributed by atoms with van der Waals surface area (Å²) >= 11 is 0. The Bertz CT molecular complexity index is 937. The summed E-state index contributed by atoms with van der Waals surface area (Å²) in [6.07, 6.45) is 0. The van der Waals surface area contributed by atoms with Gasteiger partial charge in [-0.15, -0.1) is 0 Å². The summed E-state index contributed by atoms with van der Waals surface area (Å²) in [5.41, 5.74) is 4.21. The molecule has 0 bridgehead atoms. The predicted octanol–water partition coefficient (Wildman–Crippen LogP) is 2.28. The molecule has 1 unspecified atom stereocenters. The summed E-state index contributed by atoms with van der Waals surface area (Å²) in [6.45, 7) is 4.68. The summed E-state index contributed by atoms with van der Waals surface area (Å²) < 4.78 is 15.1. The molecule has 6 heteroatoms. The van der Waals surface area contributed by atoms with E-state index in [0.29, 0.717) is 6.54 Å². The van der Waals surface area contributed by atoms with Gasteiger partial charge >= 0.3 is 0 Å². The molecule has 0 aliphatic heterocycles. The van der Waals surface area contributed by atoms with Crippen LogP contribution in [0.15, 0.2) is 54.6 Å². The Morgan fingerprint density at radius 3 is 2.59 bits per heavy atom. The van der Waals surface area contributed by atoms with Gasteiger partial charge in [0.1, 0.15) is 12.4 Å². The number of anilines is 1. The molecule has 0 spiro atoms. The van der Waals surface area contributed by atoms with Gasteiger partial charge in [-0.2, -0.15) is 5.10 Å². The number of carbonyl (C=O) groups excluding carboxylic acids is 1. The number of benzene rings is 2. The number of nitrogens with zero attached hydrogens (tertiary/aromatic N) is 2. The number of amides is 1. The molecular formula is C21H24FN4O+. The zero-order valence-corrected chi connectivity index (χ0v) is 15.8. The molecule has 1 aromatic heterocycles. The Kier molecular flexibility index (Phi) is 5.66. The minimum Gasteiger partial charge on any atom is -0.326 e. The number of hydrogen-bond donors (Lipinski definition) is 2. The second-order valence-corrected chi connectivity index (χ2v) is 6.78. The summed E-state index contributed by atoms with van der Waals surface area (Å²) in [4.78, 5) is 13.5. The number of rotatable bonds is 6. The smallest absolute Gasteiger partial charge is 0.279 e. The van der Waals surface area contributed by atoms with Gasteiger partial charge in [0.05, 0.1) is 29.8 Å². The maximum absolute atomic E-state index is 13.3. The number of para-hydroxylation sites is 1. The second kappa shape index (κ2) is 8.14. The highest BCUT2D eigenvalue weighted by Gasteiger charge is 2.17. The van der Waals surface area contributed by atoms with Crippen molar-refractivity contribution in [3.8, 4) is 5.69 Å². The zero-order valence-electron chi connectivity index (χ0n) is 15.8. The number of aromatic nitrogens is 2. The van der Waals surface area contributed by atoms with Crippen LogP contribution in [0.1, 0.15) is 17.0 Å².